The lowest BCUT2D eigenvalue weighted by molar-refractivity contribution is -0.159. The van der Waals surface area contributed by atoms with Crippen LogP contribution >= 0.6 is 0 Å². The number of aromatic amines is 1. The third-order valence-electron chi connectivity index (χ3n) is 7.54. The molecular weight excluding hydrogens is 488 g/mol. The van der Waals surface area contributed by atoms with E-state index in [0.29, 0.717) is 36.6 Å². The largest absolute Gasteiger partial charge is 0.454 e. The van der Waals surface area contributed by atoms with Crippen molar-refractivity contribution in [1.29, 1.82) is 0 Å². The van der Waals surface area contributed by atoms with E-state index >= 15 is 0 Å². The first-order valence-corrected chi connectivity index (χ1v) is 12.7. The maximum Gasteiger partial charge on any atom is 0.246 e. The molecule has 0 radical (unpaired) electrons. The number of amides is 2. The summed E-state index contributed by atoms with van der Waals surface area (Å²) in [5, 5.41) is 18.4. The predicted octanol–water partition coefficient (Wildman–Crippen LogP) is 1.76. The van der Waals surface area contributed by atoms with Gasteiger partial charge in [-0.3, -0.25) is 14.3 Å². The zero-order chi connectivity index (χ0) is 25.8. The lowest BCUT2D eigenvalue weighted by atomic mass is 9.86. The molecule has 7 rings (SSSR count). The van der Waals surface area contributed by atoms with Crippen LogP contribution < -0.4 is 9.47 Å². The molecule has 11 nitrogen and oxygen atoms in total. The molecule has 3 aliphatic heterocycles. The van der Waals surface area contributed by atoms with Crippen molar-refractivity contribution >= 4 is 22.7 Å². The second-order valence-electron chi connectivity index (χ2n) is 9.84. The highest BCUT2D eigenvalue weighted by atomic mass is 16.7. The Bertz CT molecular complexity index is 1560. The zero-order valence-electron chi connectivity index (χ0n) is 20.5. The minimum atomic E-state index is -0.650. The smallest absolute Gasteiger partial charge is 0.246 e. The van der Waals surface area contributed by atoms with E-state index in [0.717, 1.165) is 27.7 Å². The summed E-state index contributed by atoms with van der Waals surface area (Å²) in [7, 11) is 0. The molecule has 3 aliphatic rings. The normalized spacial score (nSPS) is 20.2. The highest BCUT2D eigenvalue weighted by Crippen LogP contribution is 2.45. The second kappa shape index (κ2) is 8.88. The molecule has 0 unspecified atom stereocenters. The van der Waals surface area contributed by atoms with Crippen LogP contribution in [0.5, 0.6) is 11.5 Å². The van der Waals surface area contributed by atoms with E-state index in [2.05, 4.69) is 21.4 Å². The summed E-state index contributed by atoms with van der Waals surface area (Å²) in [6.07, 6.45) is 2.74. The van der Waals surface area contributed by atoms with Gasteiger partial charge in [0.2, 0.25) is 18.6 Å². The molecule has 0 saturated carbocycles. The van der Waals surface area contributed by atoms with E-state index in [1.807, 2.05) is 36.4 Å². The van der Waals surface area contributed by atoms with E-state index in [9.17, 15) is 9.59 Å². The van der Waals surface area contributed by atoms with Crippen LogP contribution in [0.25, 0.3) is 10.9 Å². The number of piperazine rings is 1. The van der Waals surface area contributed by atoms with E-state index in [1.54, 1.807) is 20.7 Å². The van der Waals surface area contributed by atoms with Crippen LogP contribution in [-0.4, -0.2) is 72.7 Å². The van der Waals surface area contributed by atoms with Gasteiger partial charge in [-0.2, -0.15) is 0 Å². The molecule has 0 bridgehead atoms. The molecule has 2 amide bonds. The lowest BCUT2D eigenvalue weighted by Crippen LogP contribution is -2.62. The Kier molecular flexibility index (Phi) is 5.32. The molecule has 2 atom stereocenters. The SMILES string of the molecule is O=C1[C@H]2Cc3c([nH]c4ccccc34)[C@@H](c3ccc4c(c3)OCO4)N2C(=O)CN1Cc1cn(CCCO)nn1. The lowest BCUT2D eigenvalue weighted by Gasteiger charge is -2.47. The van der Waals surface area contributed by atoms with Crippen LogP contribution in [0.15, 0.2) is 48.7 Å². The van der Waals surface area contributed by atoms with Crippen LogP contribution in [0.3, 0.4) is 0 Å². The first-order chi connectivity index (χ1) is 18.6. The molecule has 194 valence electrons. The Morgan fingerprint density at radius 3 is 2.87 bits per heavy atom. The molecule has 0 spiro atoms. The molecule has 1 fully saturated rings. The number of carbonyl (C=O) groups excluding carboxylic acids is 2. The van der Waals surface area contributed by atoms with Crippen molar-refractivity contribution in [2.45, 2.75) is 38.0 Å². The molecule has 4 aromatic rings. The third kappa shape index (κ3) is 3.61. The van der Waals surface area contributed by atoms with Crippen LogP contribution in [0.2, 0.25) is 0 Å². The first kappa shape index (κ1) is 22.8. The topological polar surface area (TPSA) is 126 Å². The van der Waals surface area contributed by atoms with E-state index in [1.165, 1.54) is 0 Å². The monoisotopic (exact) mass is 514 g/mol. The number of benzene rings is 2. The minimum Gasteiger partial charge on any atom is -0.454 e. The Morgan fingerprint density at radius 2 is 1.97 bits per heavy atom. The maximum absolute atomic E-state index is 13.9. The van der Waals surface area contributed by atoms with E-state index < -0.39 is 12.1 Å². The standard InChI is InChI=1S/C27H26N6O5/c34-9-3-8-32-13-17(29-30-32)12-31-14-24(35)33-21(27(31)36)11-19-18-4-1-2-5-20(18)28-25(19)26(33)16-6-7-22-23(10-16)38-15-37-22/h1-2,4-7,10,13,21,26,28,34H,3,8-9,11-12,14-15H2/t21-,26-/m1/s1. The van der Waals surface area contributed by atoms with Gasteiger partial charge >= 0.3 is 0 Å². The van der Waals surface area contributed by atoms with Crippen molar-refractivity contribution in [3.8, 4) is 11.5 Å². The van der Waals surface area contributed by atoms with Crippen molar-refractivity contribution < 1.29 is 24.2 Å². The van der Waals surface area contributed by atoms with Crippen LogP contribution in [0, 0.1) is 0 Å². The molecule has 1 saturated heterocycles. The zero-order valence-corrected chi connectivity index (χ0v) is 20.5. The van der Waals surface area contributed by atoms with Gasteiger partial charge in [-0.05, 0) is 35.7 Å². The number of hydrogen-bond donors (Lipinski definition) is 2. The Morgan fingerprint density at radius 1 is 1.11 bits per heavy atom. The molecular formula is C27H26N6O5. The van der Waals surface area contributed by atoms with Crippen molar-refractivity contribution in [3.05, 3.63) is 71.2 Å². The first-order valence-electron chi connectivity index (χ1n) is 12.7. The third-order valence-corrected chi connectivity index (χ3v) is 7.54. The van der Waals surface area contributed by atoms with Crippen molar-refractivity contribution in [2.75, 3.05) is 19.9 Å². The van der Waals surface area contributed by atoms with Crippen molar-refractivity contribution in [3.63, 3.8) is 0 Å². The number of carbonyl (C=O) groups is 2. The number of ether oxygens (including phenoxy) is 2. The summed E-state index contributed by atoms with van der Waals surface area (Å²) in [5.74, 6) is 1.05. The van der Waals surface area contributed by atoms with Gasteiger partial charge in [-0.25, -0.2) is 0 Å². The Labute approximate surface area is 217 Å². The highest BCUT2D eigenvalue weighted by Gasteiger charge is 2.48. The molecule has 2 aromatic heterocycles. The van der Waals surface area contributed by atoms with Crippen LogP contribution in [0.4, 0.5) is 0 Å². The average Bonchev–Trinajstić information content (AvgIpc) is 3.67. The number of aliphatic hydroxyl groups is 1. The highest BCUT2D eigenvalue weighted by molar-refractivity contribution is 5.97. The fourth-order valence-corrected chi connectivity index (χ4v) is 5.84. The predicted molar refractivity (Wildman–Crippen MR) is 134 cm³/mol. The number of para-hydroxylation sites is 1. The molecule has 0 aliphatic carbocycles. The average molecular weight is 515 g/mol. The summed E-state index contributed by atoms with van der Waals surface area (Å²) in [6.45, 7) is 0.906. The van der Waals surface area contributed by atoms with Crippen LogP contribution in [0.1, 0.15) is 35.0 Å². The van der Waals surface area contributed by atoms with Gasteiger partial charge in [0, 0.05) is 36.2 Å². The number of H-pyrrole nitrogens is 1. The van der Waals surface area contributed by atoms with Gasteiger partial charge < -0.3 is 29.4 Å². The quantitative estimate of drug-likeness (QED) is 0.402. The van der Waals surface area contributed by atoms with Gasteiger partial charge in [0.15, 0.2) is 11.5 Å². The summed E-state index contributed by atoms with van der Waals surface area (Å²) < 4.78 is 12.8. The van der Waals surface area contributed by atoms with Gasteiger partial charge in [-0.1, -0.05) is 29.5 Å². The Balaban J connectivity index is 1.27. The molecule has 2 N–H and O–H groups in total. The maximum atomic E-state index is 13.9. The summed E-state index contributed by atoms with van der Waals surface area (Å²) in [6, 6.07) is 12.6. The fourth-order valence-electron chi connectivity index (χ4n) is 5.84. The number of nitrogens with zero attached hydrogens (tertiary/aromatic N) is 5. The fraction of sp³-hybridized carbons (Fsp3) is 0.333. The molecule has 11 heteroatoms. The van der Waals surface area contributed by atoms with Gasteiger partial charge in [0.05, 0.1) is 18.8 Å². The van der Waals surface area contributed by atoms with Gasteiger partial charge in [-0.15, -0.1) is 5.10 Å². The van der Waals surface area contributed by atoms with Crippen molar-refractivity contribution in [1.82, 2.24) is 29.8 Å². The number of hydrogen-bond acceptors (Lipinski definition) is 7. The van der Waals surface area contributed by atoms with E-state index in [4.69, 9.17) is 14.6 Å². The number of aromatic nitrogens is 4. The molecule has 2 aromatic carbocycles. The van der Waals surface area contributed by atoms with E-state index in [-0.39, 0.29) is 38.3 Å². The molecule has 38 heavy (non-hydrogen) atoms. The van der Waals surface area contributed by atoms with Gasteiger partial charge in [0.1, 0.15) is 18.3 Å². The second-order valence-corrected chi connectivity index (χ2v) is 9.84. The number of fused-ring (bicyclic) bond motifs is 5. The number of nitrogens with one attached hydrogen (secondary N) is 1. The van der Waals surface area contributed by atoms with Crippen LogP contribution in [-0.2, 0) is 29.1 Å². The Hall–Kier alpha value is -4.38. The summed E-state index contributed by atoms with van der Waals surface area (Å²) in [4.78, 5) is 34.5. The number of aliphatic hydroxyl groups excluding tert-OH is 1. The van der Waals surface area contributed by atoms with Gasteiger partial charge in [0.25, 0.3) is 0 Å². The molecule has 5 heterocycles. The number of aryl methyl sites for hydroxylation is 1. The van der Waals surface area contributed by atoms with Crippen molar-refractivity contribution in [2.24, 2.45) is 0 Å². The summed E-state index contributed by atoms with van der Waals surface area (Å²) in [5.41, 5.74) is 4.39. The number of rotatable bonds is 6. The summed E-state index contributed by atoms with van der Waals surface area (Å²) >= 11 is 0. The minimum absolute atomic E-state index is 0.0462.